The van der Waals surface area contributed by atoms with E-state index in [0.29, 0.717) is 42.2 Å². The summed E-state index contributed by atoms with van der Waals surface area (Å²) in [6.45, 7) is 3.15. The number of piperidine rings is 1. The van der Waals surface area contributed by atoms with Gasteiger partial charge in [0.15, 0.2) is 5.69 Å². The van der Waals surface area contributed by atoms with Gasteiger partial charge >= 0.3 is 5.97 Å². The van der Waals surface area contributed by atoms with Crippen LogP contribution in [0.15, 0.2) is 48.5 Å². The van der Waals surface area contributed by atoms with Gasteiger partial charge in [0.2, 0.25) is 5.91 Å². The van der Waals surface area contributed by atoms with Crippen LogP contribution in [0, 0.1) is 0 Å². The summed E-state index contributed by atoms with van der Waals surface area (Å²) in [5, 5.41) is 4.64. The van der Waals surface area contributed by atoms with E-state index < -0.39 is 5.97 Å². The molecule has 38 heavy (non-hydrogen) atoms. The fourth-order valence-corrected chi connectivity index (χ4v) is 5.61. The van der Waals surface area contributed by atoms with Gasteiger partial charge in [-0.15, -0.1) is 0 Å². The quantitative estimate of drug-likeness (QED) is 0.456. The molecule has 0 unspecified atom stereocenters. The van der Waals surface area contributed by atoms with E-state index in [-0.39, 0.29) is 29.5 Å². The molecule has 1 aromatic heterocycles. The SMILES string of the molecule is CCOC(=O)c1nn(-c2ccc(OC)cc2)c2c1C1(CC1)CN(c1ccc(N3CCCCC3=O)cc1)C2=O. The summed E-state index contributed by atoms with van der Waals surface area (Å²) >= 11 is 0. The van der Waals surface area contributed by atoms with Gasteiger partial charge in [-0.25, -0.2) is 9.48 Å². The van der Waals surface area contributed by atoms with Gasteiger partial charge in [0, 0.05) is 41.9 Å². The normalized spacial score (nSPS) is 17.9. The molecule has 2 amide bonds. The van der Waals surface area contributed by atoms with Crippen molar-refractivity contribution in [2.24, 2.45) is 0 Å². The van der Waals surface area contributed by atoms with Gasteiger partial charge in [0.25, 0.3) is 5.91 Å². The number of carbonyl (C=O) groups excluding carboxylic acids is 3. The van der Waals surface area contributed by atoms with Crippen LogP contribution >= 0.6 is 0 Å². The van der Waals surface area contributed by atoms with Crippen molar-refractivity contribution in [2.75, 3.05) is 36.6 Å². The predicted octanol–water partition coefficient (Wildman–Crippen LogP) is 4.27. The second-order valence-electron chi connectivity index (χ2n) is 10.1. The van der Waals surface area contributed by atoms with Crippen LogP contribution < -0.4 is 14.5 Å². The van der Waals surface area contributed by atoms with Crippen molar-refractivity contribution in [3.8, 4) is 11.4 Å². The number of benzene rings is 2. The Morgan fingerprint density at radius 3 is 2.21 bits per heavy atom. The second kappa shape index (κ2) is 9.31. The minimum atomic E-state index is -0.515. The smallest absolute Gasteiger partial charge is 0.359 e. The summed E-state index contributed by atoms with van der Waals surface area (Å²) in [5.41, 5.74) is 3.18. The van der Waals surface area contributed by atoms with Crippen LogP contribution in [0.4, 0.5) is 11.4 Å². The van der Waals surface area contributed by atoms with Crippen LogP contribution in [0.25, 0.3) is 5.69 Å². The molecule has 0 bridgehead atoms. The highest BCUT2D eigenvalue weighted by molar-refractivity contribution is 6.10. The summed E-state index contributed by atoms with van der Waals surface area (Å²) in [7, 11) is 1.59. The monoisotopic (exact) mass is 514 g/mol. The lowest BCUT2D eigenvalue weighted by atomic mass is 9.88. The van der Waals surface area contributed by atoms with E-state index in [0.717, 1.165) is 37.1 Å². The Balaban J connectivity index is 1.42. The highest BCUT2D eigenvalue weighted by atomic mass is 16.5. The molecule has 9 heteroatoms. The molecular weight excluding hydrogens is 484 g/mol. The zero-order valence-corrected chi connectivity index (χ0v) is 21.6. The number of anilines is 2. The molecule has 0 N–H and O–H groups in total. The van der Waals surface area contributed by atoms with Crippen molar-refractivity contribution in [1.82, 2.24) is 9.78 Å². The second-order valence-corrected chi connectivity index (χ2v) is 10.1. The highest BCUT2D eigenvalue weighted by Crippen LogP contribution is 2.54. The maximum Gasteiger partial charge on any atom is 0.359 e. The van der Waals surface area contributed by atoms with Gasteiger partial charge in [-0.05, 0) is 81.1 Å². The fourth-order valence-electron chi connectivity index (χ4n) is 5.61. The summed E-state index contributed by atoms with van der Waals surface area (Å²) in [5.74, 6) is 0.0751. The van der Waals surface area contributed by atoms with Crippen LogP contribution in [-0.2, 0) is 14.9 Å². The molecule has 0 atom stereocenters. The summed E-state index contributed by atoms with van der Waals surface area (Å²) in [6, 6.07) is 14.8. The van der Waals surface area contributed by atoms with Crippen molar-refractivity contribution in [3.05, 3.63) is 65.5 Å². The number of fused-ring (bicyclic) bond motifs is 2. The first-order chi connectivity index (χ1) is 18.5. The zero-order valence-electron chi connectivity index (χ0n) is 21.6. The average Bonchev–Trinajstić information content (AvgIpc) is 3.59. The number of aromatic nitrogens is 2. The summed E-state index contributed by atoms with van der Waals surface area (Å²) in [4.78, 5) is 43.1. The molecule has 1 aliphatic carbocycles. The highest BCUT2D eigenvalue weighted by Gasteiger charge is 2.56. The Morgan fingerprint density at radius 1 is 0.947 bits per heavy atom. The van der Waals surface area contributed by atoms with E-state index in [1.807, 2.05) is 41.3 Å². The number of esters is 1. The van der Waals surface area contributed by atoms with Crippen molar-refractivity contribution in [1.29, 1.82) is 0 Å². The number of rotatable bonds is 6. The first kappa shape index (κ1) is 24.2. The van der Waals surface area contributed by atoms with Crippen molar-refractivity contribution >= 4 is 29.2 Å². The maximum atomic E-state index is 14.1. The predicted molar refractivity (Wildman–Crippen MR) is 141 cm³/mol. The number of carbonyl (C=O) groups is 3. The number of nitrogens with zero attached hydrogens (tertiary/aromatic N) is 4. The van der Waals surface area contributed by atoms with E-state index >= 15 is 0 Å². The minimum Gasteiger partial charge on any atom is -0.497 e. The Labute approximate surface area is 220 Å². The van der Waals surface area contributed by atoms with E-state index in [4.69, 9.17) is 9.47 Å². The zero-order chi connectivity index (χ0) is 26.4. The average molecular weight is 515 g/mol. The van der Waals surface area contributed by atoms with Crippen LogP contribution in [0.2, 0.25) is 0 Å². The third-order valence-corrected chi connectivity index (χ3v) is 7.76. The van der Waals surface area contributed by atoms with Gasteiger partial charge in [-0.2, -0.15) is 5.10 Å². The summed E-state index contributed by atoms with van der Waals surface area (Å²) in [6.07, 6.45) is 4.18. The molecule has 1 saturated heterocycles. The minimum absolute atomic E-state index is 0.134. The molecule has 1 saturated carbocycles. The van der Waals surface area contributed by atoms with Gasteiger partial charge in [0.05, 0.1) is 19.4 Å². The first-order valence-corrected chi connectivity index (χ1v) is 13.1. The summed E-state index contributed by atoms with van der Waals surface area (Å²) < 4.78 is 12.2. The molecule has 1 spiro atoms. The number of hydrogen-bond donors (Lipinski definition) is 0. The third-order valence-electron chi connectivity index (χ3n) is 7.76. The molecule has 9 nitrogen and oxygen atoms in total. The first-order valence-electron chi connectivity index (χ1n) is 13.1. The van der Waals surface area contributed by atoms with E-state index in [2.05, 4.69) is 5.10 Å². The third kappa shape index (κ3) is 3.93. The van der Waals surface area contributed by atoms with Gasteiger partial charge < -0.3 is 19.3 Å². The van der Waals surface area contributed by atoms with Gasteiger partial charge in [0.1, 0.15) is 11.4 Å². The molecule has 3 heterocycles. The molecule has 3 aliphatic rings. The molecule has 196 valence electrons. The van der Waals surface area contributed by atoms with Crippen LogP contribution in [0.1, 0.15) is 65.6 Å². The maximum absolute atomic E-state index is 14.1. The Hall–Kier alpha value is -4.14. The molecular formula is C29H30N4O5. The molecule has 2 aromatic carbocycles. The molecule has 6 rings (SSSR count). The molecule has 2 fully saturated rings. The van der Waals surface area contributed by atoms with E-state index in [9.17, 15) is 14.4 Å². The lowest BCUT2D eigenvalue weighted by Gasteiger charge is -2.34. The Bertz CT molecular complexity index is 1410. The van der Waals surface area contributed by atoms with Gasteiger partial charge in [-0.3, -0.25) is 9.59 Å². The number of methoxy groups -OCH3 is 1. The standard InChI is InChI=1S/C29H30N4O5/c1-3-38-28(36)25-24-26(33(30-25)21-11-13-22(37-2)14-12-21)27(35)32(18-29(24)15-16-29)20-9-7-19(8-10-20)31-17-5-4-6-23(31)34/h7-14H,3-6,15-18H2,1-2H3. The van der Waals surface area contributed by atoms with Crippen LogP contribution in [0.3, 0.4) is 0 Å². The van der Waals surface area contributed by atoms with Gasteiger partial charge in [-0.1, -0.05) is 0 Å². The number of ether oxygens (including phenoxy) is 2. The molecule has 2 aliphatic heterocycles. The topological polar surface area (TPSA) is 94.0 Å². The largest absolute Gasteiger partial charge is 0.497 e. The van der Waals surface area contributed by atoms with Crippen LogP contribution in [-0.4, -0.2) is 54.4 Å². The lowest BCUT2D eigenvalue weighted by Crippen LogP contribution is -2.44. The Kier molecular flexibility index (Phi) is 5.93. The number of hydrogen-bond acceptors (Lipinski definition) is 6. The van der Waals surface area contributed by atoms with Crippen LogP contribution in [0.5, 0.6) is 5.75 Å². The number of amides is 2. The van der Waals surface area contributed by atoms with E-state index in [1.165, 1.54) is 0 Å². The lowest BCUT2D eigenvalue weighted by molar-refractivity contribution is -0.119. The molecule has 3 aromatic rings. The van der Waals surface area contributed by atoms with Crippen molar-refractivity contribution in [2.45, 2.75) is 44.4 Å². The van der Waals surface area contributed by atoms with Crippen molar-refractivity contribution in [3.63, 3.8) is 0 Å². The fraction of sp³-hybridized carbons (Fsp3) is 0.379. The Morgan fingerprint density at radius 2 is 1.61 bits per heavy atom. The molecule has 0 radical (unpaired) electrons. The van der Waals surface area contributed by atoms with E-state index in [1.54, 1.807) is 35.7 Å². The van der Waals surface area contributed by atoms with Crippen molar-refractivity contribution < 1.29 is 23.9 Å².